The third-order valence-electron chi connectivity index (χ3n) is 5.58. The number of para-hydroxylation sites is 1. The highest BCUT2D eigenvalue weighted by atomic mass is 16.5. The van der Waals surface area contributed by atoms with E-state index in [9.17, 15) is 19.2 Å². The Morgan fingerprint density at radius 1 is 0.909 bits per heavy atom. The largest absolute Gasteiger partial charge is 0.452 e. The van der Waals surface area contributed by atoms with Crippen molar-refractivity contribution in [3.8, 4) is 0 Å². The van der Waals surface area contributed by atoms with E-state index in [1.165, 1.54) is 23.1 Å². The normalized spacial score (nSPS) is 13.5. The summed E-state index contributed by atoms with van der Waals surface area (Å²) in [6.07, 6.45) is 0. The number of imide groups is 1. The molecule has 0 spiro atoms. The molecule has 1 aliphatic rings. The standard InChI is InChI=1S/C26H22N2O5/c1-16-8-6-7-11-22(16)27-23(29)15-33-26(32)19-12-13-20-21(14-19)25(31)28(24(20)30)17(2)18-9-4-3-5-10-18/h3-14,17H,15H2,1-2H3,(H,27,29)/t17-/m0/s1. The average molecular weight is 442 g/mol. The molecule has 0 aromatic heterocycles. The summed E-state index contributed by atoms with van der Waals surface area (Å²) in [6.45, 7) is 3.15. The number of hydrogen-bond acceptors (Lipinski definition) is 5. The molecule has 0 fully saturated rings. The zero-order chi connectivity index (χ0) is 23.5. The number of ether oxygens (including phenoxy) is 1. The van der Waals surface area contributed by atoms with Crippen molar-refractivity contribution in [3.63, 3.8) is 0 Å². The van der Waals surface area contributed by atoms with Crippen molar-refractivity contribution >= 4 is 29.4 Å². The Kier molecular flexibility index (Phi) is 6.04. The smallest absolute Gasteiger partial charge is 0.338 e. The lowest BCUT2D eigenvalue weighted by Crippen LogP contribution is -2.32. The van der Waals surface area contributed by atoms with Crippen LogP contribution in [0.2, 0.25) is 0 Å². The highest BCUT2D eigenvalue weighted by Crippen LogP contribution is 2.31. The monoisotopic (exact) mass is 442 g/mol. The van der Waals surface area contributed by atoms with Gasteiger partial charge >= 0.3 is 5.97 Å². The molecule has 166 valence electrons. The van der Waals surface area contributed by atoms with Crippen LogP contribution in [0.3, 0.4) is 0 Å². The molecule has 0 saturated carbocycles. The van der Waals surface area contributed by atoms with Crippen LogP contribution >= 0.6 is 0 Å². The van der Waals surface area contributed by atoms with Gasteiger partial charge in [0, 0.05) is 5.69 Å². The third kappa shape index (κ3) is 4.39. The van der Waals surface area contributed by atoms with E-state index >= 15 is 0 Å². The van der Waals surface area contributed by atoms with Crippen LogP contribution < -0.4 is 5.32 Å². The summed E-state index contributed by atoms with van der Waals surface area (Å²) in [7, 11) is 0. The summed E-state index contributed by atoms with van der Waals surface area (Å²) in [6, 6.07) is 20.2. The number of carbonyl (C=O) groups is 4. The number of aryl methyl sites for hydroxylation is 1. The van der Waals surface area contributed by atoms with Gasteiger partial charge < -0.3 is 10.1 Å². The SMILES string of the molecule is Cc1ccccc1NC(=O)COC(=O)c1ccc2c(c1)C(=O)N([C@@H](C)c1ccccc1)C2=O. The van der Waals surface area contributed by atoms with Gasteiger partial charge in [0.1, 0.15) is 0 Å². The first-order chi connectivity index (χ1) is 15.9. The Labute approximate surface area is 191 Å². The van der Waals surface area contributed by atoms with Crippen LogP contribution in [0.1, 0.15) is 55.2 Å². The summed E-state index contributed by atoms with van der Waals surface area (Å²) in [4.78, 5) is 51.7. The quantitative estimate of drug-likeness (QED) is 0.457. The molecule has 4 rings (SSSR count). The molecule has 1 atom stereocenters. The molecule has 0 bridgehead atoms. The first-order valence-electron chi connectivity index (χ1n) is 10.5. The molecule has 0 saturated heterocycles. The average Bonchev–Trinajstić information content (AvgIpc) is 3.08. The Hall–Kier alpha value is -4.26. The number of hydrogen-bond donors (Lipinski definition) is 1. The number of nitrogens with zero attached hydrogens (tertiary/aromatic N) is 1. The van der Waals surface area contributed by atoms with Gasteiger partial charge in [0.15, 0.2) is 6.61 Å². The van der Waals surface area contributed by atoms with E-state index in [2.05, 4.69) is 5.32 Å². The Morgan fingerprint density at radius 2 is 1.58 bits per heavy atom. The van der Waals surface area contributed by atoms with Crippen molar-refractivity contribution in [2.45, 2.75) is 19.9 Å². The number of carbonyl (C=O) groups excluding carboxylic acids is 4. The van der Waals surface area contributed by atoms with Crippen molar-refractivity contribution < 1.29 is 23.9 Å². The van der Waals surface area contributed by atoms with Crippen LogP contribution in [0.15, 0.2) is 72.8 Å². The summed E-state index contributed by atoms with van der Waals surface area (Å²) in [5.74, 6) is -2.12. The summed E-state index contributed by atoms with van der Waals surface area (Å²) >= 11 is 0. The molecule has 33 heavy (non-hydrogen) atoms. The second kappa shape index (κ2) is 9.08. The molecule has 0 aliphatic carbocycles. The minimum atomic E-state index is -0.757. The molecule has 0 radical (unpaired) electrons. The fourth-order valence-electron chi connectivity index (χ4n) is 3.73. The molecule has 3 aromatic rings. The topological polar surface area (TPSA) is 92.8 Å². The van der Waals surface area contributed by atoms with Crippen LogP contribution in [0.25, 0.3) is 0 Å². The van der Waals surface area contributed by atoms with Crippen molar-refractivity contribution in [1.29, 1.82) is 0 Å². The van der Waals surface area contributed by atoms with E-state index in [1.807, 2.05) is 49.4 Å². The van der Waals surface area contributed by atoms with E-state index in [-0.39, 0.29) is 16.7 Å². The van der Waals surface area contributed by atoms with E-state index in [0.29, 0.717) is 5.69 Å². The molecular formula is C26H22N2O5. The maximum Gasteiger partial charge on any atom is 0.338 e. The van der Waals surface area contributed by atoms with E-state index in [0.717, 1.165) is 11.1 Å². The minimum absolute atomic E-state index is 0.0906. The van der Waals surface area contributed by atoms with Crippen molar-refractivity contribution in [2.24, 2.45) is 0 Å². The van der Waals surface area contributed by atoms with Gasteiger partial charge in [-0.3, -0.25) is 19.3 Å². The van der Waals surface area contributed by atoms with Crippen LogP contribution in [-0.4, -0.2) is 35.2 Å². The summed E-state index contributed by atoms with van der Waals surface area (Å²) in [5, 5.41) is 2.68. The fraction of sp³-hybridized carbons (Fsp3) is 0.154. The Morgan fingerprint density at radius 3 is 2.30 bits per heavy atom. The first-order valence-corrected chi connectivity index (χ1v) is 10.5. The molecule has 7 heteroatoms. The Bertz CT molecular complexity index is 1250. The maximum absolute atomic E-state index is 13.0. The fourth-order valence-corrected chi connectivity index (χ4v) is 3.73. The van der Waals surface area contributed by atoms with Crippen molar-refractivity contribution in [2.75, 3.05) is 11.9 Å². The summed E-state index contributed by atoms with van der Waals surface area (Å²) < 4.78 is 5.11. The molecule has 1 N–H and O–H groups in total. The molecule has 7 nitrogen and oxygen atoms in total. The Balaban J connectivity index is 1.45. The minimum Gasteiger partial charge on any atom is -0.452 e. The number of rotatable bonds is 6. The van der Waals surface area contributed by atoms with Crippen LogP contribution in [0.5, 0.6) is 0 Å². The lowest BCUT2D eigenvalue weighted by atomic mass is 10.1. The van der Waals surface area contributed by atoms with Crippen LogP contribution in [0.4, 0.5) is 5.69 Å². The second-order valence-electron chi connectivity index (χ2n) is 7.77. The molecular weight excluding hydrogens is 420 g/mol. The van der Waals surface area contributed by atoms with Crippen LogP contribution in [-0.2, 0) is 9.53 Å². The molecule has 1 aliphatic heterocycles. The summed E-state index contributed by atoms with van der Waals surface area (Å²) in [5.41, 5.74) is 2.80. The van der Waals surface area contributed by atoms with Crippen molar-refractivity contribution in [3.05, 3.63) is 101 Å². The van der Waals surface area contributed by atoms with Crippen molar-refractivity contribution in [1.82, 2.24) is 4.90 Å². The zero-order valence-corrected chi connectivity index (χ0v) is 18.2. The van der Waals surface area contributed by atoms with Gasteiger partial charge in [-0.15, -0.1) is 0 Å². The predicted molar refractivity (Wildman–Crippen MR) is 122 cm³/mol. The lowest BCUT2D eigenvalue weighted by Gasteiger charge is -2.22. The highest BCUT2D eigenvalue weighted by molar-refractivity contribution is 6.22. The molecule has 3 aromatic carbocycles. The first kappa shape index (κ1) is 22.0. The van der Waals surface area contributed by atoms with E-state index in [4.69, 9.17) is 4.74 Å². The van der Waals surface area contributed by atoms with Gasteiger partial charge in [0.05, 0.1) is 22.7 Å². The number of amides is 3. The van der Waals surface area contributed by atoms with Gasteiger partial charge in [-0.2, -0.15) is 0 Å². The molecule has 3 amide bonds. The van der Waals surface area contributed by atoms with Crippen LogP contribution in [0, 0.1) is 6.92 Å². The molecule has 1 heterocycles. The highest BCUT2D eigenvalue weighted by Gasteiger charge is 2.39. The number of fused-ring (bicyclic) bond motifs is 1. The second-order valence-corrected chi connectivity index (χ2v) is 7.77. The van der Waals surface area contributed by atoms with E-state index in [1.54, 1.807) is 19.1 Å². The lowest BCUT2D eigenvalue weighted by molar-refractivity contribution is -0.119. The zero-order valence-electron chi connectivity index (χ0n) is 18.2. The van der Waals surface area contributed by atoms with Gasteiger partial charge in [-0.05, 0) is 49.2 Å². The molecule has 0 unspecified atom stereocenters. The third-order valence-corrected chi connectivity index (χ3v) is 5.58. The number of nitrogens with one attached hydrogen (secondary N) is 1. The van der Waals surface area contributed by atoms with Gasteiger partial charge in [0.2, 0.25) is 0 Å². The number of anilines is 1. The van der Waals surface area contributed by atoms with Gasteiger partial charge in [0.25, 0.3) is 17.7 Å². The van der Waals surface area contributed by atoms with E-state index < -0.39 is 36.3 Å². The van der Waals surface area contributed by atoms with Gasteiger partial charge in [-0.1, -0.05) is 48.5 Å². The predicted octanol–water partition coefficient (Wildman–Crippen LogP) is 4.15. The maximum atomic E-state index is 13.0. The number of esters is 1. The number of benzene rings is 3. The van der Waals surface area contributed by atoms with Gasteiger partial charge in [-0.25, -0.2) is 4.79 Å².